The van der Waals surface area contributed by atoms with E-state index in [1.54, 1.807) is 0 Å². The lowest BCUT2D eigenvalue weighted by Crippen LogP contribution is -2.35. The third-order valence-electron chi connectivity index (χ3n) is 5.99. The molecule has 0 aliphatic carbocycles. The molecule has 1 nitrogen and oxygen atoms in total. The monoisotopic (exact) mass is 361 g/mol. The molecule has 27 heavy (non-hydrogen) atoms. The van der Waals surface area contributed by atoms with Gasteiger partial charge in [0.05, 0.1) is 12.3 Å². The van der Waals surface area contributed by atoms with Gasteiger partial charge in [0.2, 0.25) is 5.69 Å². The smallest absolute Gasteiger partial charge is 0.198 e. The van der Waals surface area contributed by atoms with Crippen molar-refractivity contribution in [2.75, 3.05) is 0 Å². The highest BCUT2D eigenvalue weighted by atomic mass is 14.9. The number of aromatic nitrogens is 1. The zero-order valence-corrected chi connectivity index (χ0v) is 18.7. The zero-order valence-electron chi connectivity index (χ0n) is 19.7. The number of pyridine rings is 1. The molecule has 1 heteroatoms. The molecule has 0 saturated heterocycles. The molecule has 2 aromatic carbocycles. The van der Waals surface area contributed by atoms with E-state index in [0.717, 1.165) is 11.1 Å². The van der Waals surface area contributed by atoms with Crippen LogP contribution in [-0.4, -0.2) is 0 Å². The summed E-state index contributed by atoms with van der Waals surface area (Å²) >= 11 is 0. The van der Waals surface area contributed by atoms with Crippen molar-refractivity contribution >= 4 is 10.8 Å². The first-order chi connectivity index (χ1) is 12.9. The van der Waals surface area contributed by atoms with Gasteiger partial charge in [-0.25, -0.2) is 0 Å². The Morgan fingerprint density at radius 1 is 0.815 bits per heavy atom. The summed E-state index contributed by atoms with van der Waals surface area (Å²) in [6.45, 7) is 19.8. The van der Waals surface area contributed by atoms with Gasteiger partial charge < -0.3 is 0 Å². The molecular formula is C26H34N+. The first kappa shape index (κ1) is 18.2. The molecule has 0 bridgehead atoms. The molecule has 0 unspecified atom stereocenters. The van der Waals surface area contributed by atoms with Crippen LogP contribution in [0.3, 0.4) is 0 Å². The number of nitrogens with zero attached hydrogens (tertiary/aromatic N) is 1. The molecule has 0 atom stereocenters. The van der Waals surface area contributed by atoms with E-state index in [9.17, 15) is 0 Å². The average Bonchev–Trinajstić information content (AvgIpc) is 2.55. The lowest BCUT2D eigenvalue weighted by atomic mass is 9.79. The Morgan fingerprint density at radius 3 is 2.04 bits per heavy atom. The Kier molecular flexibility index (Phi) is 4.37. The minimum Gasteiger partial charge on any atom is -0.198 e. The van der Waals surface area contributed by atoms with Gasteiger partial charge in [-0.05, 0) is 85.4 Å². The number of hydrogen-bond acceptors (Lipinski definition) is 0. The molecule has 3 rings (SSSR count). The zero-order chi connectivity index (χ0) is 21.1. The van der Waals surface area contributed by atoms with E-state index in [2.05, 4.69) is 92.1 Å². The van der Waals surface area contributed by atoms with Crippen LogP contribution in [0, 0.1) is 41.5 Å². The Labute approximate surface area is 166 Å². The van der Waals surface area contributed by atoms with E-state index < -0.39 is 0 Å². The summed E-state index contributed by atoms with van der Waals surface area (Å²) in [7, 11) is 2.10. The topological polar surface area (TPSA) is 3.88 Å². The third-order valence-corrected chi connectivity index (χ3v) is 5.99. The first-order valence-corrected chi connectivity index (χ1v) is 9.88. The van der Waals surface area contributed by atoms with Crippen molar-refractivity contribution < 1.29 is 5.94 Å². The predicted molar refractivity (Wildman–Crippen MR) is 118 cm³/mol. The van der Waals surface area contributed by atoms with Crippen molar-refractivity contribution in [3.8, 4) is 11.3 Å². The average molecular weight is 362 g/mol. The molecular weight excluding hydrogens is 326 g/mol. The van der Waals surface area contributed by atoms with Gasteiger partial charge in [0, 0.05) is 13.0 Å². The summed E-state index contributed by atoms with van der Waals surface area (Å²) in [4.78, 5) is 0. The second-order valence-corrected chi connectivity index (χ2v) is 9.24. The molecule has 0 aliphatic heterocycles. The molecule has 0 fully saturated rings. The number of fused-ring (bicyclic) bond motifs is 1. The molecule has 3 aromatic rings. The Hall–Kier alpha value is -2.15. The SMILES string of the molecule is [2H]c1c(C)[n+](C)c(-c2cc(C)cc(C)c2C)c2cc(C)c(C(C)(C)C)c(C)c12. The minimum absolute atomic E-state index is 0.0523. The van der Waals surface area contributed by atoms with Gasteiger partial charge in [-0.1, -0.05) is 32.4 Å². The highest BCUT2D eigenvalue weighted by Crippen LogP contribution is 2.38. The first-order valence-electron chi connectivity index (χ1n) is 10.4. The van der Waals surface area contributed by atoms with Gasteiger partial charge in [0.15, 0.2) is 5.69 Å². The van der Waals surface area contributed by atoms with E-state index >= 15 is 0 Å². The van der Waals surface area contributed by atoms with Crippen molar-refractivity contribution in [2.24, 2.45) is 7.05 Å². The van der Waals surface area contributed by atoms with Crippen LogP contribution < -0.4 is 4.57 Å². The van der Waals surface area contributed by atoms with Crippen LogP contribution in [0.2, 0.25) is 0 Å². The Bertz CT molecular complexity index is 1110. The summed E-state index contributed by atoms with van der Waals surface area (Å²) in [6, 6.07) is 7.50. The van der Waals surface area contributed by atoms with Crippen molar-refractivity contribution in [1.29, 1.82) is 0 Å². The molecule has 0 N–H and O–H groups in total. The van der Waals surface area contributed by atoms with Crippen LogP contribution in [0.25, 0.3) is 22.0 Å². The highest BCUT2D eigenvalue weighted by Gasteiger charge is 2.26. The van der Waals surface area contributed by atoms with Gasteiger partial charge in [-0.15, -0.1) is 0 Å². The summed E-state index contributed by atoms with van der Waals surface area (Å²) in [5.74, 6) is 0. The molecule has 0 amide bonds. The Balaban J connectivity index is 2.60. The highest BCUT2D eigenvalue weighted by molar-refractivity contribution is 5.97. The number of benzene rings is 2. The summed E-state index contributed by atoms with van der Waals surface area (Å²) in [5, 5.41) is 2.29. The van der Waals surface area contributed by atoms with Crippen molar-refractivity contribution in [3.05, 3.63) is 63.3 Å². The van der Waals surface area contributed by atoms with Crippen LogP contribution >= 0.6 is 0 Å². The van der Waals surface area contributed by atoms with Crippen LogP contribution in [0.4, 0.5) is 0 Å². The van der Waals surface area contributed by atoms with Gasteiger partial charge in [0.1, 0.15) is 7.05 Å². The molecule has 0 saturated carbocycles. The summed E-state index contributed by atoms with van der Waals surface area (Å²) in [6.07, 6.45) is 0. The second kappa shape index (κ2) is 6.48. The van der Waals surface area contributed by atoms with Gasteiger partial charge in [0.25, 0.3) is 0 Å². The number of rotatable bonds is 1. The van der Waals surface area contributed by atoms with E-state index in [0.29, 0.717) is 6.04 Å². The third kappa shape index (κ3) is 3.18. The fraction of sp³-hybridized carbons (Fsp3) is 0.423. The van der Waals surface area contributed by atoms with Gasteiger partial charge in [-0.3, -0.25) is 0 Å². The fourth-order valence-electron chi connectivity index (χ4n) is 4.71. The summed E-state index contributed by atoms with van der Waals surface area (Å²) in [5.41, 5.74) is 11.4. The number of hydrogen-bond donors (Lipinski definition) is 0. The van der Waals surface area contributed by atoms with Crippen molar-refractivity contribution in [3.63, 3.8) is 0 Å². The maximum Gasteiger partial charge on any atom is 0.220 e. The van der Waals surface area contributed by atoms with E-state index in [1.807, 2.05) is 0 Å². The van der Waals surface area contributed by atoms with Crippen molar-refractivity contribution in [1.82, 2.24) is 0 Å². The number of aryl methyl sites for hydroxylation is 4. The lowest BCUT2D eigenvalue weighted by molar-refractivity contribution is -0.665. The predicted octanol–water partition coefficient (Wildman–Crippen LogP) is 6.48. The quantitative estimate of drug-likeness (QED) is 0.437. The maximum atomic E-state index is 8.92. The van der Waals surface area contributed by atoms with Crippen LogP contribution in [0.1, 0.15) is 61.2 Å². The van der Waals surface area contributed by atoms with Crippen LogP contribution in [0.5, 0.6) is 0 Å². The largest absolute Gasteiger partial charge is 0.220 e. The van der Waals surface area contributed by atoms with Crippen LogP contribution in [-0.2, 0) is 12.5 Å². The van der Waals surface area contributed by atoms with Gasteiger partial charge >= 0.3 is 0 Å². The normalized spacial score (nSPS) is 12.6. The van der Waals surface area contributed by atoms with E-state index in [-0.39, 0.29) is 5.41 Å². The van der Waals surface area contributed by atoms with E-state index in [1.165, 1.54) is 50.0 Å². The van der Waals surface area contributed by atoms with Crippen molar-refractivity contribution in [2.45, 2.75) is 67.7 Å². The van der Waals surface area contributed by atoms with Crippen LogP contribution in [0.15, 0.2) is 24.2 Å². The molecule has 0 aliphatic rings. The lowest BCUT2D eigenvalue weighted by Gasteiger charge is -2.26. The standard InChI is InChI=1S/C26H34N/c1-15-11-16(2)19(5)22(12-15)25-23-13-17(3)24(26(7,8)9)20(6)21(23)14-18(4)27(25)10/h11-14H,1-10H3/q+1/i14D. The molecule has 1 heterocycles. The van der Waals surface area contributed by atoms with E-state index in [4.69, 9.17) is 1.37 Å². The maximum absolute atomic E-state index is 8.92. The molecule has 0 radical (unpaired) electrons. The minimum atomic E-state index is 0.0523. The molecule has 142 valence electrons. The fourth-order valence-corrected chi connectivity index (χ4v) is 4.71. The molecule has 1 aromatic heterocycles. The second-order valence-electron chi connectivity index (χ2n) is 9.24. The Morgan fingerprint density at radius 2 is 1.44 bits per heavy atom. The summed E-state index contributed by atoms with van der Waals surface area (Å²) < 4.78 is 11.1. The van der Waals surface area contributed by atoms with Gasteiger partial charge in [-0.2, -0.15) is 4.57 Å². The molecule has 0 spiro atoms.